The molecule has 0 aliphatic heterocycles. The molecule has 1 aromatic carbocycles. The summed E-state index contributed by atoms with van der Waals surface area (Å²) in [5, 5.41) is 11.2. The molecule has 0 amide bonds. The highest BCUT2D eigenvalue weighted by Crippen LogP contribution is 2.34. The number of aromatic nitrogens is 3. The average Bonchev–Trinajstić information content (AvgIpc) is 3.11. The van der Waals surface area contributed by atoms with Crippen molar-refractivity contribution in [3.63, 3.8) is 0 Å². The largest absolute Gasteiger partial charge is 0.416 e. The van der Waals surface area contributed by atoms with Crippen molar-refractivity contribution in [1.29, 1.82) is 0 Å². The van der Waals surface area contributed by atoms with Crippen LogP contribution >= 0.6 is 23.1 Å². The molecule has 0 N–H and O–H groups in total. The molecule has 1 atom stereocenters. The van der Waals surface area contributed by atoms with Gasteiger partial charge in [0.2, 0.25) is 5.89 Å². The van der Waals surface area contributed by atoms with Gasteiger partial charge >= 0.3 is 0 Å². The van der Waals surface area contributed by atoms with Crippen molar-refractivity contribution in [2.45, 2.75) is 30.7 Å². The molecule has 3 aromatic rings. The molecule has 23 heavy (non-hydrogen) atoms. The molecule has 2 heterocycles. The SMILES string of the molecule is Cc1nc(Cc2nnc(S[C@@H](C)c3ccc(F)c(F)c3)o2)cs1. The summed E-state index contributed by atoms with van der Waals surface area (Å²) in [4.78, 5) is 4.35. The lowest BCUT2D eigenvalue weighted by atomic mass is 10.1. The van der Waals surface area contributed by atoms with Crippen LogP contribution in [-0.2, 0) is 6.42 Å². The molecule has 0 fully saturated rings. The van der Waals surface area contributed by atoms with Crippen molar-refractivity contribution in [1.82, 2.24) is 15.2 Å². The number of aryl methyl sites for hydroxylation is 1. The minimum atomic E-state index is -0.861. The van der Waals surface area contributed by atoms with Gasteiger partial charge in [-0.25, -0.2) is 13.8 Å². The zero-order valence-corrected chi connectivity index (χ0v) is 14.0. The summed E-state index contributed by atoms with van der Waals surface area (Å²) in [6, 6.07) is 3.85. The molecule has 0 radical (unpaired) electrons. The lowest BCUT2D eigenvalue weighted by Gasteiger charge is -2.08. The summed E-state index contributed by atoms with van der Waals surface area (Å²) < 4.78 is 31.8. The van der Waals surface area contributed by atoms with E-state index in [-0.39, 0.29) is 5.25 Å². The minimum absolute atomic E-state index is 0.139. The van der Waals surface area contributed by atoms with E-state index >= 15 is 0 Å². The Balaban J connectivity index is 1.67. The van der Waals surface area contributed by atoms with Crippen LogP contribution in [0.25, 0.3) is 0 Å². The van der Waals surface area contributed by atoms with Crippen molar-refractivity contribution >= 4 is 23.1 Å². The van der Waals surface area contributed by atoms with Crippen LogP contribution in [0.15, 0.2) is 33.2 Å². The number of thioether (sulfide) groups is 1. The van der Waals surface area contributed by atoms with Gasteiger partial charge in [0, 0.05) is 10.6 Å². The molecule has 0 saturated heterocycles. The van der Waals surface area contributed by atoms with Gasteiger partial charge in [0.15, 0.2) is 11.6 Å². The van der Waals surface area contributed by atoms with Crippen molar-refractivity contribution in [3.05, 3.63) is 57.4 Å². The normalized spacial score (nSPS) is 12.5. The fourth-order valence-corrected chi connectivity index (χ4v) is 3.42. The van der Waals surface area contributed by atoms with Gasteiger partial charge in [-0.05, 0) is 31.5 Å². The predicted octanol–water partition coefficient (Wildman–Crippen LogP) is 4.56. The maximum Gasteiger partial charge on any atom is 0.277 e. The van der Waals surface area contributed by atoms with E-state index in [2.05, 4.69) is 15.2 Å². The summed E-state index contributed by atoms with van der Waals surface area (Å²) in [7, 11) is 0. The summed E-state index contributed by atoms with van der Waals surface area (Å²) in [6.07, 6.45) is 0.484. The summed E-state index contributed by atoms with van der Waals surface area (Å²) in [5.74, 6) is -1.24. The molecular weight excluding hydrogens is 340 g/mol. The second-order valence-corrected chi connectivity index (χ2v) is 7.28. The molecule has 2 aromatic heterocycles. The number of rotatable bonds is 5. The van der Waals surface area contributed by atoms with Crippen molar-refractivity contribution in [2.24, 2.45) is 0 Å². The van der Waals surface area contributed by atoms with Crippen LogP contribution in [0.5, 0.6) is 0 Å². The van der Waals surface area contributed by atoms with E-state index in [1.807, 2.05) is 19.2 Å². The Labute approximate surface area is 140 Å². The molecule has 0 unspecified atom stereocenters. The zero-order chi connectivity index (χ0) is 16.4. The Morgan fingerprint density at radius 3 is 2.78 bits per heavy atom. The smallest absolute Gasteiger partial charge is 0.277 e. The summed E-state index contributed by atoms with van der Waals surface area (Å²) in [6.45, 7) is 3.80. The Morgan fingerprint density at radius 2 is 2.09 bits per heavy atom. The van der Waals surface area contributed by atoms with Crippen LogP contribution in [0.1, 0.15) is 34.3 Å². The Morgan fingerprint density at radius 1 is 1.26 bits per heavy atom. The fraction of sp³-hybridized carbons (Fsp3) is 0.267. The van der Waals surface area contributed by atoms with Gasteiger partial charge in [-0.3, -0.25) is 0 Å². The second-order valence-electron chi connectivity index (χ2n) is 4.93. The number of hydrogen-bond acceptors (Lipinski definition) is 6. The first-order valence-electron chi connectivity index (χ1n) is 6.86. The van der Waals surface area contributed by atoms with E-state index in [0.29, 0.717) is 23.1 Å². The summed E-state index contributed by atoms with van der Waals surface area (Å²) >= 11 is 2.87. The number of halogens is 2. The third-order valence-corrected chi connectivity index (χ3v) is 4.95. The van der Waals surface area contributed by atoms with E-state index in [4.69, 9.17) is 4.42 Å². The highest BCUT2D eigenvalue weighted by Gasteiger charge is 2.15. The molecule has 8 heteroatoms. The number of benzene rings is 1. The minimum Gasteiger partial charge on any atom is -0.416 e. The van der Waals surface area contributed by atoms with Crippen LogP contribution in [0.2, 0.25) is 0 Å². The van der Waals surface area contributed by atoms with E-state index in [9.17, 15) is 8.78 Å². The van der Waals surface area contributed by atoms with Gasteiger partial charge in [0.05, 0.1) is 17.1 Å². The van der Waals surface area contributed by atoms with Gasteiger partial charge in [0.1, 0.15) is 0 Å². The Bertz CT molecular complexity index is 819. The highest BCUT2D eigenvalue weighted by atomic mass is 32.2. The van der Waals surface area contributed by atoms with E-state index in [1.165, 1.54) is 17.8 Å². The van der Waals surface area contributed by atoms with E-state index in [1.54, 1.807) is 17.4 Å². The molecule has 0 aliphatic rings. The van der Waals surface area contributed by atoms with Crippen LogP contribution in [-0.4, -0.2) is 15.2 Å². The lowest BCUT2D eigenvalue weighted by molar-refractivity contribution is 0.419. The van der Waals surface area contributed by atoms with Crippen molar-refractivity contribution in [2.75, 3.05) is 0 Å². The Hall–Kier alpha value is -1.80. The number of thiazole rings is 1. The van der Waals surface area contributed by atoms with Gasteiger partial charge in [-0.1, -0.05) is 17.8 Å². The first-order valence-corrected chi connectivity index (χ1v) is 8.62. The quantitative estimate of drug-likeness (QED) is 0.630. The van der Waals surface area contributed by atoms with Crippen molar-refractivity contribution < 1.29 is 13.2 Å². The third kappa shape index (κ3) is 3.94. The van der Waals surface area contributed by atoms with E-state index < -0.39 is 11.6 Å². The first kappa shape index (κ1) is 16.1. The molecule has 0 saturated carbocycles. The zero-order valence-electron chi connectivity index (χ0n) is 12.4. The second kappa shape index (κ2) is 6.76. The third-order valence-electron chi connectivity index (χ3n) is 3.14. The maximum atomic E-state index is 13.3. The van der Waals surface area contributed by atoms with Crippen LogP contribution < -0.4 is 0 Å². The molecule has 4 nitrogen and oxygen atoms in total. The Kier molecular flexibility index (Phi) is 4.72. The fourth-order valence-electron chi connectivity index (χ4n) is 1.99. The topological polar surface area (TPSA) is 51.8 Å². The molecule has 3 rings (SSSR count). The van der Waals surface area contributed by atoms with Gasteiger partial charge in [-0.2, -0.15) is 0 Å². The molecule has 0 spiro atoms. The predicted molar refractivity (Wildman–Crippen MR) is 84.6 cm³/mol. The van der Waals surface area contributed by atoms with Crippen LogP contribution in [0, 0.1) is 18.6 Å². The van der Waals surface area contributed by atoms with Crippen LogP contribution in [0.3, 0.4) is 0 Å². The average molecular weight is 353 g/mol. The first-order chi connectivity index (χ1) is 11.0. The lowest BCUT2D eigenvalue weighted by Crippen LogP contribution is -1.92. The van der Waals surface area contributed by atoms with Gasteiger partial charge in [-0.15, -0.1) is 21.5 Å². The highest BCUT2D eigenvalue weighted by molar-refractivity contribution is 7.99. The van der Waals surface area contributed by atoms with Gasteiger partial charge < -0.3 is 4.42 Å². The standard InChI is InChI=1S/C15H13F2N3OS2/c1-8(10-3-4-12(16)13(17)5-10)23-15-20-19-14(21-15)6-11-7-22-9(2)18-11/h3-5,7-8H,6H2,1-2H3/t8-/m0/s1. The van der Waals surface area contributed by atoms with Crippen molar-refractivity contribution in [3.8, 4) is 0 Å². The molecule has 0 aliphatic carbocycles. The summed E-state index contributed by atoms with van der Waals surface area (Å²) in [5.41, 5.74) is 1.55. The van der Waals surface area contributed by atoms with E-state index in [0.717, 1.165) is 16.8 Å². The maximum absolute atomic E-state index is 13.3. The van der Waals surface area contributed by atoms with Gasteiger partial charge in [0.25, 0.3) is 5.22 Å². The molecule has 120 valence electrons. The number of hydrogen-bond donors (Lipinski definition) is 0. The molecule has 0 bridgehead atoms. The number of nitrogens with zero attached hydrogens (tertiary/aromatic N) is 3. The monoisotopic (exact) mass is 353 g/mol. The van der Waals surface area contributed by atoms with Crippen LogP contribution in [0.4, 0.5) is 8.78 Å². The molecular formula is C15H13F2N3OS2.